The maximum atomic E-state index is 11.0. The van der Waals surface area contributed by atoms with Gasteiger partial charge in [0.2, 0.25) is 0 Å². The normalized spacial score (nSPS) is 35.0. The van der Waals surface area contributed by atoms with Crippen molar-refractivity contribution in [3.63, 3.8) is 0 Å². The Morgan fingerprint density at radius 1 is 1.64 bits per heavy atom. The Morgan fingerprint density at radius 3 is 2.91 bits per heavy atom. The summed E-state index contributed by atoms with van der Waals surface area (Å²) < 4.78 is 9.99. The van der Waals surface area contributed by atoms with Crippen molar-refractivity contribution in [2.75, 3.05) is 6.61 Å². The van der Waals surface area contributed by atoms with E-state index in [-0.39, 0.29) is 18.2 Å². The van der Waals surface area contributed by atoms with Crippen molar-refractivity contribution in [3.05, 3.63) is 0 Å². The highest BCUT2D eigenvalue weighted by atomic mass is 16.6. The number of hydrogen-bond donors (Lipinski definition) is 0. The van der Waals surface area contributed by atoms with Gasteiger partial charge in [-0.05, 0) is 25.7 Å². The van der Waals surface area contributed by atoms with E-state index in [2.05, 4.69) is 0 Å². The Bertz CT molecular complexity index is 174. The molecule has 1 aliphatic heterocycles. The standard InChI is InChI=1S/C8H12O3/c1-2-10-8(9)7-6(11-7)5-3-4-5/h5-7H,2-4H2,1H3/t6-,7+/m1/s1. The van der Waals surface area contributed by atoms with E-state index < -0.39 is 0 Å². The van der Waals surface area contributed by atoms with Gasteiger partial charge in [-0.2, -0.15) is 0 Å². The molecule has 1 saturated heterocycles. The van der Waals surface area contributed by atoms with E-state index in [4.69, 9.17) is 9.47 Å². The molecule has 0 aromatic heterocycles. The molecule has 2 fully saturated rings. The minimum absolute atomic E-state index is 0.176. The van der Waals surface area contributed by atoms with Crippen molar-refractivity contribution in [2.24, 2.45) is 5.92 Å². The molecule has 0 radical (unpaired) electrons. The maximum Gasteiger partial charge on any atom is 0.338 e. The van der Waals surface area contributed by atoms with Crippen molar-refractivity contribution in [3.8, 4) is 0 Å². The summed E-state index contributed by atoms with van der Waals surface area (Å²) in [4.78, 5) is 11.0. The fourth-order valence-electron chi connectivity index (χ4n) is 1.32. The zero-order chi connectivity index (χ0) is 7.84. The Kier molecular flexibility index (Phi) is 1.60. The molecule has 62 valence electrons. The molecular weight excluding hydrogens is 144 g/mol. The van der Waals surface area contributed by atoms with Gasteiger partial charge in [-0.1, -0.05) is 0 Å². The van der Waals surface area contributed by atoms with Crippen LogP contribution in [0.5, 0.6) is 0 Å². The van der Waals surface area contributed by atoms with Crippen molar-refractivity contribution >= 4 is 5.97 Å². The Labute approximate surface area is 65.7 Å². The second kappa shape index (κ2) is 2.48. The highest BCUT2D eigenvalue weighted by Gasteiger charge is 2.54. The van der Waals surface area contributed by atoms with E-state index in [1.807, 2.05) is 6.92 Å². The quantitative estimate of drug-likeness (QED) is 0.446. The third kappa shape index (κ3) is 1.38. The van der Waals surface area contributed by atoms with E-state index in [0.29, 0.717) is 12.5 Å². The van der Waals surface area contributed by atoms with Crippen LogP contribution in [0.2, 0.25) is 0 Å². The minimum atomic E-state index is -0.220. The Hall–Kier alpha value is -0.570. The summed E-state index contributed by atoms with van der Waals surface area (Å²) in [6, 6.07) is 0. The smallest absolute Gasteiger partial charge is 0.338 e. The molecule has 1 aliphatic carbocycles. The van der Waals surface area contributed by atoms with Crippen LogP contribution in [0.1, 0.15) is 19.8 Å². The molecule has 0 aromatic rings. The summed E-state index contributed by atoms with van der Waals surface area (Å²) in [6.07, 6.45) is 2.43. The fourth-order valence-corrected chi connectivity index (χ4v) is 1.32. The second-order valence-electron chi connectivity index (χ2n) is 3.11. The van der Waals surface area contributed by atoms with Gasteiger partial charge < -0.3 is 9.47 Å². The highest BCUT2D eigenvalue weighted by molar-refractivity contribution is 5.78. The molecule has 0 aromatic carbocycles. The average molecular weight is 156 g/mol. The van der Waals surface area contributed by atoms with Gasteiger partial charge in [0.25, 0.3) is 0 Å². The van der Waals surface area contributed by atoms with Gasteiger partial charge in [0.1, 0.15) is 0 Å². The summed E-state index contributed by atoms with van der Waals surface area (Å²) in [5.41, 5.74) is 0. The number of esters is 1. The first-order chi connectivity index (χ1) is 5.33. The van der Waals surface area contributed by atoms with Gasteiger partial charge in [-0.15, -0.1) is 0 Å². The van der Waals surface area contributed by atoms with Gasteiger partial charge in [-0.25, -0.2) is 4.79 Å². The number of epoxide rings is 1. The van der Waals surface area contributed by atoms with Crippen LogP contribution in [0, 0.1) is 5.92 Å². The molecule has 1 saturated carbocycles. The molecule has 0 amide bonds. The van der Waals surface area contributed by atoms with Gasteiger partial charge in [0, 0.05) is 0 Å². The number of hydrogen-bond acceptors (Lipinski definition) is 3. The highest BCUT2D eigenvalue weighted by Crippen LogP contribution is 2.44. The van der Waals surface area contributed by atoms with Crippen LogP contribution < -0.4 is 0 Å². The summed E-state index contributed by atoms with van der Waals surface area (Å²) in [5.74, 6) is 0.480. The molecule has 1 heterocycles. The van der Waals surface area contributed by atoms with E-state index >= 15 is 0 Å². The average Bonchev–Trinajstić information content (AvgIpc) is 2.83. The molecule has 0 spiro atoms. The van der Waals surface area contributed by atoms with Crippen molar-refractivity contribution in [1.29, 1.82) is 0 Å². The van der Waals surface area contributed by atoms with Crippen molar-refractivity contribution < 1.29 is 14.3 Å². The van der Waals surface area contributed by atoms with Crippen molar-refractivity contribution in [2.45, 2.75) is 32.0 Å². The van der Waals surface area contributed by atoms with Crippen LogP contribution in [0.4, 0.5) is 0 Å². The third-order valence-corrected chi connectivity index (χ3v) is 2.13. The second-order valence-corrected chi connectivity index (χ2v) is 3.11. The zero-order valence-corrected chi connectivity index (χ0v) is 6.58. The number of carbonyl (C=O) groups excluding carboxylic acids is 1. The van der Waals surface area contributed by atoms with Crippen LogP contribution in [0.3, 0.4) is 0 Å². The molecule has 0 bridgehead atoms. The minimum Gasteiger partial charge on any atom is -0.464 e. The Balaban J connectivity index is 1.76. The first-order valence-corrected chi connectivity index (χ1v) is 4.15. The molecule has 0 unspecified atom stereocenters. The first-order valence-electron chi connectivity index (χ1n) is 4.15. The monoisotopic (exact) mass is 156 g/mol. The van der Waals surface area contributed by atoms with Crippen LogP contribution in [0.25, 0.3) is 0 Å². The molecular formula is C8H12O3. The summed E-state index contributed by atoms with van der Waals surface area (Å²) >= 11 is 0. The van der Waals surface area contributed by atoms with E-state index in [1.54, 1.807) is 0 Å². The van der Waals surface area contributed by atoms with Crippen LogP contribution in [-0.2, 0) is 14.3 Å². The van der Waals surface area contributed by atoms with Crippen LogP contribution in [0.15, 0.2) is 0 Å². The lowest BCUT2D eigenvalue weighted by atomic mass is 10.2. The fraction of sp³-hybridized carbons (Fsp3) is 0.875. The van der Waals surface area contributed by atoms with E-state index in [1.165, 1.54) is 12.8 Å². The summed E-state index contributed by atoms with van der Waals surface area (Å²) in [7, 11) is 0. The number of ether oxygens (including phenoxy) is 2. The molecule has 2 atom stereocenters. The van der Waals surface area contributed by atoms with Gasteiger partial charge in [-0.3, -0.25) is 0 Å². The molecule has 11 heavy (non-hydrogen) atoms. The molecule has 3 nitrogen and oxygen atoms in total. The number of rotatable bonds is 3. The molecule has 0 N–H and O–H groups in total. The van der Waals surface area contributed by atoms with Gasteiger partial charge in [0.05, 0.1) is 12.7 Å². The lowest BCUT2D eigenvalue weighted by molar-refractivity contribution is -0.144. The van der Waals surface area contributed by atoms with Crippen LogP contribution >= 0.6 is 0 Å². The van der Waals surface area contributed by atoms with Gasteiger partial charge >= 0.3 is 5.97 Å². The molecule has 2 rings (SSSR count). The largest absolute Gasteiger partial charge is 0.464 e. The Morgan fingerprint density at radius 2 is 2.36 bits per heavy atom. The lowest BCUT2D eigenvalue weighted by Gasteiger charge is -1.95. The molecule has 2 aliphatic rings. The predicted molar refractivity (Wildman–Crippen MR) is 38.0 cm³/mol. The van der Waals surface area contributed by atoms with Crippen LogP contribution in [-0.4, -0.2) is 24.8 Å². The SMILES string of the molecule is CCOC(=O)[C@H]1O[C@@H]1C1CC1. The maximum absolute atomic E-state index is 11.0. The van der Waals surface area contributed by atoms with E-state index in [0.717, 1.165) is 0 Å². The van der Waals surface area contributed by atoms with Crippen molar-refractivity contribution in [1.82, 2.24) is 0 Å². The predicted octanol–water partition coefficient (Wildman–Crippen LogP) is 0.727. The zero-order valence-electron chi connectivity index (χ0n) is 6.58. The topological polar surface area (TPSA) is 38.8 Å². The third-order valence-electron chi connectivity index (χ3n) is 2.13. The first kappa shape index (κ1) is 7.10. The van der Waals surface area contributed by atoms with E-state index in [9.17, 15) is 4.79 Å². The lowest BCUT2D eigenvalue weighted by Crippen LogP contribution is -2.14. The molecule has 3 heteroatoms. The number of carbonyl (C=O) groups is 1. The summed E-state index contributed by atoms with van der Waals surface area (Å²) in [5, 5.41) is 0. The summed E-state index contributed by atoms with van der Waals surface area (Å²) in [6.45, 7) is 2.27. The van der Waals surface area contributed by atoms with Gasteiger partial charge in [0.15, 0.2) is 6.10 Å².